The summed E-state index contributed by atoms with van der Waals surface area (Å²) in [7, 11) is 0. The summed E-state index contributed by atoms with van der Waals surface area (Å²) in [5, 5.41) is 4.49. The fourth-order valence-electron chi connectivity index (χ4n) is 1.44. The van der Waals surface area contributed by atoms with Gasteiger partial charge in [0.05, 0.1) is 12.3 Å². The second-order valence-electron chi connectivity index (χ2n) is 4.38. The van der Waals surface area contributed by atoms with Gasteiger partial charge in [0.1, 0.15) is 0 Å². The lowest BCUT2D eigenvalue weighted by Gasteiger charge is -2.05. The molecule has 0 atom stereocenters. The summed E-state index contributed by atoms with van der Waals surface area (Å²) >= 11 is 5.86. The Bertz CT molecular complexity index is 555. The lowest BCUT2D eigenvalue weighted by atomic mass is 10.1. The average molecular weight is 282 g/mol. The van der Waals surface area contributed by atoms with Gasteiger partial charge in [-0.25, -0.2) is 4.68 Å². The molecule has 0 bridgehead atoms. The summed E-state index contributed by atoms with van der Waals surface area (Å²) in [5.74, 6) is 0.701. The van der Waals surface area contributed by atoms with Crippen LogP contribution >= 0.6 is 11.6 Å². The van der Waals surface area contributed by atoms with E-state index in [0.29, 0.717) is 18.5 Å². The second kappa shape index (κ2) is 5.97. The van der Waals surface area contributed by atoms with Gasteiger partial charge in [0.25, 0.3) is 5.95 Å². The van der Waals surface area contributed by atoms with Gasteiger partial charge in [-0.15, -0.1) is 0 Å². The van der Waals surface area contributed by atoms with Gasteiger partial charge in [0, 0.05) is 6.20 Å². The lowest BCUT2D eigenvalue weighted by Crippen LogP contribution is -2.08. The SMILES string of the molecule is CCCOc1nc(Cl)nc(-n2ccc(C(C)C)n2)n1. The highest BCUT2D eigenvalue weighted by atomic mass is 35.5. The van der Waals surface area contributed by atoms with Crippen LogP contribution in [-0.2, 0) is 0 Å². The van der Waals surface area contributed by atoms with E-state index in [0.717, 1.165) is 12.1 Å². The number of ether oxygens (including phenoxy) is 1. The standard InChI is InChI=1S/C12H16ClN5O/c1-4-7-19-12-15-10(13)14-11(16-12)18-6-5-9(17-18)8(2)3/h5-6,8H,4,7H2,1-3H3. The molecule has 0 fully saturated rings. The van der Waals surface area contributed by atoms with Crippen molar-refractivity contribution < 1.29 is 4.74 Å². The molecule has 0 spiro atoms. The highest BCUT2D eigenvalue weighted by Crippen LogP contribution is 2.14. The number of nitrogens with zero attached hydrogens (tertiary/aromatic N) is 5. The van der Waals surface area contributed by atoms with Crippen LogP contribution in [0.3, 0.4) is 0 Å². The van der Waals surface area contributed by atoms with Crippen LogP contribution in [0.15, 0.2) is 12.3 Å². The fourth-order valence-corrected chi connectivity index (χ4v) is 1.59. The van der Waals surface area contributed by atoms with Crippen molar-refractivity contribution in [1.82, 2.24) is 24.7 Å². The molecule has 19 heavy (non-hydrogen) atoms. The van der Waals surface area contributed by atoms with Crippen molar-refractivity contribution in [2.75, 3.05) is 6.61 Å². The molecule has 0 aromatic carbocycles. The van der Waals surface area contributed by atoms with Crippen molar-refractivity contribution in [2.45, 2.75) is 33.1 Å². The largest absolute Gasteiger partial charge is 0.463 e. The van der Waals surface area contributed by atoms with Gasteiger partial charge in [0.2, 0.25) is 5.28 Å². The van der Waals surface area contributed by atoms with E-state index in [4.69, 9.17) is 16.3 Å². The predicted molar refractivity (Wildman–Crippen MR) is 71.8 cm³/mol. The van der Waals surface area contributed by atoms with E-state index in [2.05, 4.69) is 33.9 Å². The van der Waals surface area contributed by atoms with Gasteiger partial charge in [-0.05, 0) is 30.0 Å². The fraction of sp³-hybridized carbons (Fsp3) is 0.500. The summed E-state index contributed by atoms with van der Waals surface area (Å²) in [6.45, 7) is 6.69. The molecule has 0 saturated carbocycles. The quantitative estimate of drug-likeness (QED) is 0.843. The van der Waals surface area contributed by atoms with Crippen LogP contribution in [0.4, 0.5) is 0 Å². The van der Waals surface area contributed by atoms with Crippen molar-refractivity contribution in [3.63, 3.8) is 0 Å². The predicted octanol–water partition coefficient (Wildman–Crippen LogP) is 2.62. The van der Waals surface area contributed by atoms with E-state index < -0.39 is 0 Å². The third-order valence-corrected chi connectivity index (χ3v) is 2.59. The van der Waals surface area contributed by atoms with E-state index in [1.54, 1.807) is 10.9 Å². The number of rotatable bonds is 5. The Kier molecular flexibility index (Phi) is 4.31. The molecule has 6 nitrogen and oxygen atoms in total. The Labute approximate surface area is 116 Å². The van der Waals surface area contributed by atoms with E-state index in [1.165, 1.54) is 0 Å². The average Bonchev–Trinajstić information content (AvgIpc) is 2.85. The molecule has 2 rings (SSSR count). The topological polar surface area (TPSA) is 65.7 Å². The molecule has 0 aliphatic heterocycles. The molecule has 102 valence electrons. The molecule has 2 heterocycles. The molecule has 7 heteroatoms. The van der Waals surface area contributed by atoms with Crippen LogP contribution in [-0.4, -0.2) is 31.3 Å². The summed E-state index contributed by atoms with van der Waals surface area (Å²) in [5.41, 5.74) is 0.965. The Morgan fingerprint density at radius 3 is 2.74 bits per heavy atom. The highest BCUT2D eigenvalue weighted by Gasteiger charge is 2.10. The molecular weight excluding hydrogens is 266 g/mol. The first-order chi connectivity index (χ1) is 9.10. The third kappa shape index (κ3) is 3.41. The van der Waals surface area contributed by atoms with Crippen molar-refractivity contribution in [3.8, 4) is 12.0 Å². The number of hydrogen-bond acceptors (Lipinski definition) is 5. The van der Waals surface area contributed by atoms with Crippen LogP contribution in [0.2, 0.25) is 5.28 Å². The van der Waals surface area contributed by atoms with Gasteiger partial charge >= 0.3 is 6.01 Å². The van der Waals surface area contributed by atoms with Crippen LogP contribution in [0.1, 0.15) is 38.8 Å². The third-order valence-electron chi connectivity index (χ3n) is 2.42. The van der Waals surface area contributed by atoms with Crippen LogP contribution in [0.5, 0.6) is 6.01 Å². The Hall–Kier alpha value is -1.69. The number of aromatic nitrogens is 5. The molecule has 0 radical (unpaired) electrons. The molecule has 0 N–H and O–H groups in total. The van der Waals surface area contributed by atoms with E-state index in [-0.39, 0.29) is 11.3 Å². The summed E-state index contributed by atoms with van der Waals surface area (Å²) < 4.78 is 6.94. The lowest BCUT2D eigenvalue weighted by molar-refractivity contribution is 0.290. The summed E-state index contributed by atoms with van der Waals surface area (Å²) in [6.07, 6.45) is 2.67. The maximum Gasteiger partial charge on any atom is 0.322 e. The molecule has 0 aliphatic rings. The van der Waals surface area contributed by atoms with Gasteiger partial charge in [-0.3, -0.25) is 0 Å². The van der Waals surface area contributed by atoms with Crippen molar-refractivity contribution in [1.29, 1.82) is 0 Å². The normalized spacial score (nSPS) is 11.0. The minimum Gasteiger partial charge on any atom is -0.463 e. The summed E-state index contributed by atoms with van der Waals surface area (Å²) in [4.78, 5) is 12.2. The zero-order valence-corrected chi connectivity index (χ0v) is 11.9. The highest BCUT2D eigenvalue weighted by molar-refractivity contribution is 6.28. The zero-order valence-electron chi connectivity index (χ0n) is 11.2. The smallest absolute Gasteiger partial charge is 0.322 e. The Balaban J connectivity index is 2.29. The van der Waals surface area contributed by atoms with Crippen LogP contribution in [0, 0.1) is 0 Å². The monoisotopic (exact) mass is 281 g/mol. The van der Waals surface area contributed by atoms with Gasteiger partial charge in [-0.2, -0.15) is 20.1 Å². The van der Waals surface area contributed by atoms with E-state index in [1.807, 2.05) is 13.0 Å². The van der Waals surface area contributed by atoms with Crippen molar-refractivity contribution >= 4 is 11.6 Å². The Morgan fingerprint density at radius 1 is 1.32 bits per heavy atom. The molecule has 2 aromatic rings. The van der Waals surface area contributed by atoms with Gasteiger partial charge < -0.3 is 4.74 Å². The van der Waals surface area contributed by atoms with E-state index >= 15 is 0 Å². The summed E-state index contributed by atoms with van der Waals surface area (Å²) in [6, 6.07) is 2.15. The minimum absolute atomic E-state index is 0.0951. The van der Waals surface area contributed by atoms with Gasteiger partial charge in [-0.1, -0.05) is 20.8 Å². The van der Waals surface area contributed by atoms with E-state index in [9.17, 15) is 0 Å². The number of halogens is 1. The first-order valence-electron chi connectivity index (χ1n) is 6.20. The molecule has 2 aromatic heterocycles. The molecule has 0 amide bonds. The minimum atomic E-state index is 0.0951. The zero-order chi connectivity index (χ0) is 13.8. The molecular formula is C12H16ClN5O. The maximum absolute atomic E-state index is 5.86. The first-order valence-corrected chi connectivity index (χ1v) is 6.58. The van der Waals surface area contributed by atoms with Crippen molar-refractivity contribution in [3.05, 3.63) is 23.2 Å². The van der Waals surface area contributed by atoms with Gasteiger partial charge in [0.15, 0.2) is 0 Å². The van der Waals surface area contributed by atoms with Crippen LogP contribution < -0.4 is 4.74 Å². The molecule has 0 unspecified atom stereocenters. The first kappa shape index (κ1) is 13.7. The molecule has 0 saturated heterocycles. The van der Waals surface area contributed by atoms with Crippen LogP contribution in [0.25, 0.3) is 5.95 Å². The van der Waals surface area contributed by atoms with Crippen molar-refractivity contribution in [2.24, 2.45) is 0 Å². The molecule has 0 aliphatic carbocycles. The second-order valence-corrected chi connectivity index (χ2v) is 4.71. The number of hydrogen-bond donors (Lipinski definition) is 0. The maximum atomic E-state index is 5.86. The Morgan fingerprint density at radius 2 is 2.11 bits per heavy atom.